The van der Waals surface area contributed by atoms with Crippen LogP contribution < -0.4 is 4.90 Å². The maximum Gasteiger partial charge on any atom is 0.446 e. The van der Waals surface area contributed by atoms with Gasteiger partial charge in [-0.2, -0.15) is 13.2 Å². The highest BCUT2D eigenvalue weighted by atomic mass is 32.2. The number of likely N-dealkylation sites (tertiary alicyclic amines) is 1. The summed E-state index contributed by atoms with van der Waals surface area (Å²) in [6.45, 7) is 12.9. The number of carbonyl (C=O) groups excluding carboxylic acids is 1. The number of rotatable bonds is 7. The molecule has 0 spiro atoms. The van der Waals surface area contributed by atoms with E-state index in [1.54, 1.807) is 24.3 Å². The molecule has 2 aliphatic heterocycles. The summed E-state index contributed by atoms with van der Waals surface area (Å²) in [5, 5.41) is 0. The maximum absolute atomic E-state index is 13.0. The second kappa shape index (κ2) is 12.3. The quantitative estimate of drug-likeness (QED) is 0.366. The Hall–Kier alpha value is -2.19. The normalized spacial score (nSPS) is 19.6. The van der Waals surface area contributed by atoms with Crippen LogP contribution in [0.25, 0.3) is 0 Å². The molecular formula is C30H40F3N3OS. The first-order valence-corrected chi connectivity index (χ1v) is 14.5. The Balaban J connectivity index is 1.19. The molecule has 2 aliphatic rings. The summed E-state index contributed by atoms with van der Waals surface area (Å²) in [7, 11) is 0. The average Bonchev–Trinajstić information content (AvgIpc) is 2.88. The van der Waals surface area contributed by atoms with Crippen molar-refractivity contribution >= 4 is 23.4 Å². The van der Waals surface area contributed by atoms with Crippen molar-refractivity contribution in [1.82, 2.24) is 9.80 Å². The van der Waals surface area contributed by atoms with Crippen LogP contribution in [0.2, 0.25) is 0 Å². The van der Waals surface area contributed by atoms with Gasteiger partial charge in [0, 0.05) is 62.8 Å². The molecule has 2 saturated heterocycles. The van der Waals surface area contributed by atoms with E-state index in [0.717, 1.165) is 70.6 Å². The van der Waals surface area contributed by atoms with Crippen LogP contribution in [0.1, 0.15) is 51.2 Å². The van der Waals surface area contributed by atoms with Crippen molar-refractivity contribution < 1.29 is 18.0 Å². The fraction of sp³-hybridized carbons (Fsp3) is 0.567. The Morgan fingerprint density at radius 3 is 2.18 bits per heavy atom. The second-order valence-electron chi connectivity index (χ2n) is 11.6. The molecule has 4 rings (SSSR count). The minimum atomic E-state index is -4.27. The highest BCUT2D eigenvalue weighted by Gasteiger charge is 2.29. The largest absolute Gasteiger partial charge is 0.446 e. The number of thioether (sulfide) groups is 1. The molecule has 8 heteroatoms. The van der Waals surface area contributed by atoms with Gasteiger partial charge in [-0.1, -0.05) is 45.0 Å². The van der Waals surface area contributed by atoms with Crippen LogP contribution in [0.5, 0.6) is 0 Å². The number of benzene rings is 2. The van der Waals surface area contributed by atoms with E-state index < -0.39 is 5.51 Å². The third kappa shape index (κ3) is 8.40. The van der Waals surface area contributed by atoms with Crippen molar-refractivity contribution in [3.05, 3.63) is 59.7 Å². The highest BCUT2D eigenvalue weighted by Crippen LogP contribution is 2.37. The first-order chi connectivity index (χ1) is 18.0. The monoisotopic (exact) mass is 547 g/mol. The van der Waals surface area contributed by atoms with Crippen molar-refractivity contribution in [2.45, 2.75) is 62.3 Å². The van der Waals surface area contributed by atoms with E-state index in [9.17, 15) is 18.0 Å². The molecule has 0 radical (unpaired) electrons. The molecule has 0 aromatic heterocycles. The molecule has 2 fully saturated rings. The summed E-state index contributed by atoms with van der Waals surface area (Å²) in [5.41, 5.74) is -0.472. The number of alkyl halides is 3. The number of anilines is 1. The molecule has 0 saturated carbocycles. The fourth-order valence-electron chi connectivity index (χ4n) is 5.43. The van der Waals surface area contributed by atoms with E-state index >= 15 is 0 Å². The third-order valence-electron chi connectivity index (χ3n) is 7.67. The topological polar surface area (TPSA) is 26.8 Å². The summed E-state index contributed by atoms with van der Waals surface area (Å²) in [4.78, 5) is 20.0. The third-order valence-corrected chi connectivity index (χ3v) is 8.40. The minimum absolute atomic E-state index is 0.0826. The summed E-state index contributed by atoms with van der Waals surface area (Å²) < 4.78 is 37.7. The number of nitrogens with zero attached hydrogens (tertiary/aromatic N) is 3. The van der Waals surface area contributed by atoms with E-state index in [1.807, 2.05) is 4.90 Å². The molecule has 208 valence electrons. The number of halogens is 3. The van der Waals surface area contributed by atoms with Crippen LogP contribution in [0.4, 0.5) is 18.9 Å². The number of piperidine rings is 1. The summed E-state index contributed by atoms with van der Waals surface area (Å²) in [5.74, 6) is 0.564. The minimum Gasteiger partial charge on any atom is -0.369 e. The molecule has 0 aliphatic carbocycles. The molecule has 1 amide bonds. The number of amides is 1. The van der Waals surface area contributed by atoms with E-state index in [1.165, 1.54) is 11.3 Å². The van der Waals surface area contributed by atoms with Crippen LogP contribution in [0, 0.1) is 5.92 Å². The van der Waals surface area contributed by atoms with Gasteiger partial charge in [0.1, 0.15) is 0 Å². The fourth-order valence-corrected chi connectivity index (χ4v) is 5.97. The summed E-state index contributed by atoms with van der Waals surface area (Å²) in [6, 6.07) is 15.6. The molecule has 2 heterocycles. The highest BCUT2D eigenvalue weighted by molar-refractivity contribution is 8.00. The van der Waals surface area contributed by atoms with Gasteiger partial charge >= 0.3 is 5.51 Å². The molecule has 0 unspecified atom stereocenters. The van der Waals surface area contributed by atoms with Gasteiger partial charge in [0.2, 0.25) is 5.91 Å². The lowest BCUT2D eigenvalue weighted by molar-refractivity contribution is -0.133. The molecule has 0 bridgehead atoms. The predicted molar refractivity (Wildman–Crippen MR) is 150 cm³/mol. The van der Waals surface area contributed by atoms with Gasteiger partial charge < -0.3 is 9.80 Å². The number of carbonyl (C=O) groups is 1. The van der Waals surface area contributed by atoms with Crippen molar-refractivity contribution in [1.29, 1.82) is 0 Å². The lowest BCUT2D eigenvalue weighted by atomic mass is 9.87. The van der Waals surface area contributed by atoms with Crippen molar-refractivity contribution in [3.8, 4) is 0 Å². The Labute approximate surface area is 229 Å². The van der Waals surface area contributed by atoms with Crippen LogP contribution in [0.3, 0.4) is 0 Å². The Bertz CT molecular complexity index is 1040. The van der Waals surface area contributed by atoms with Gasteiger partial charge in [-0.05, 0) is 77.7 Å². The van der Waals surface area contributed by atoms with Gasteiger partial charge in [-0.25, -0.2) is 0 Å². The Morgan fingerprint density at radius 1 is 0.921 bits per heavy atom. The Kier molecular flexibility index (Phi) is 9.35. The number of hydrogen-bond donors (Lipinski definition) is 0. The standard InChI is InChI=1S/C30H40F3N3OS/c1-29(2,3)25-8-10-26(11-9-25)35-19-17-34(18-20-35)16-14-28(37)36-15-4-5-24(22-36)21-23-6-12-27(13-7-23)38-30(31,32)33/h6-13,24H,4-5,14-22H2,1-3H3/t24-/m1/s1. The SMILES string of the molecule is CC(C)(C)c1ccc(N2CCN(CCC(=O)N3CCC[C@H](Cc4ccc(SC(F)(F)F)cc4)C3)CC2)cc1. The van der Waals surface area contributed by atoms with E-state index in [-0.39, 0.29) is 28.0 Å². The number of hydrogen-bond acceptors (Lipinski definition) is 4. The van der Waals surface area contributed by atoms with Crippen LogP contribution in [-0.4, -0.2) is 67.0 Å². The summed E-state index contributed by atoms with van der Waals surface area (Å²) in [6.07, 6.45) is 3.35. The van der Waals surface area contributed by atoms with Crippen LogP contribution in [-0.2, 0) is 16.6 Å². The van der Waals surface area contributed by atoms with Gasteiger partial charge in [0.25, 0.3) is 0 Å². The first kappa shape index (κ1) is 28.8. The number of piperazine rings is 1. The lowest BCUT2D eigenvalue weighted by Gasteiger charge is -2.37. The average molecular weight is 548 g/mol. The molecule has 2 aromatic rings. The second-order valence-corrected chi connectivity index (χ2v) is 12.8. The van der Waals surface area contributed by atoms with Crippen molar-refractivity contribution in [2.24, 2.45) is 5.92 Å². The lowest BCUT2D eigenvalue weighted by Crippen LogP contribution is -2.48. The van der Waals surface area contributed by atoms with Crippen molar-refractivity contribution in [3.63, 3.8) is 0 Å². The zero-order valence-corrected chi connectivity index (χ0v) is 23.6. The molecular weight excluding hydrogens is 507 g/mol. The molecule has 4 nitrogen and oxygen atoms in total. The van der Waals surface area contributed by atoms with Gasteiger partial charge in [0.05, 0.1) is 0 Å². The first-order valence-electron chi connectivity index (χ1n) is 13.7. The maximum atomic E-state index is 13.0. The zero-order chi connectivity index (χ0) is 27.3. The van der Waals surface area contributed by atoms with Gasteiger partial charge in [-0.3, -0.25) is 9.69 Å². The molecule has 38 heavy (non-hydrogen) atoms. The Morgan fingerprint density at radius 2 is 1.58 bits per heavy atom. The molecule has 1 atom stereocenters. The molecule has 0 N–H and O–H groups in total. The van der Waals surface area contributed by atoms with E-state index in [4.69, 9.17) is 0 Å². The van der Waals surface area contributed by atoms with E-state index in [0.29, 0.717) is 12.3 Å². The van der Waals surface area contributed by atoms with Crippen molar-refractivity contribution in [2.75, 3.05) is 50.7 Å². The predicted octanol–water partition coefficient (Wildman–Crippen LogP) is 6.59. The van der Waals surface area contributed by atoms with E-state index in [2.05, 4.69) is 54.8 Å². The van der Waals surface area contributed by atoms with Crippen LogP contribution >= 0.6 is 11.8 Å². The van der Waals surface area contributed by atoms with Crippen LogP contribution in [0.15, 0.2) is 53.4 Å². The smallest absolute Gasteiger partial charge is 0.369 e. The molecule has 2 aromatic carbocycles. The summed E-state index contributed by atoms with van der Waals surface area (Å²) >= 11 is -0.0826. The van der Waals surface area contributed by atoms with Gasteiger partial charge in [-0.15, -0.1) is 0 Å². The zero-order valence-electron chi connectivity index (χ0n) is 22.8. The van der Waals surface area contributed by atoms with Gasteiger partial charge in [0.15, 0.2) is 0 Å².